The van der Waals surface area contributed by atoms with Crippen molar-refractivity contribution >= 4 is 15.8 Å². The second kappa shape index (κ2) is 6.27. The maximum Gasteiger partial charge on any atom is 0.238 e. The number of nitrogens with zero attached hydrogens (tertiary/aromatic N) is 1. The Morgan fingerprint density at radius 1 is 1.46 bits per heavy atom. The smallest absolute Gasteiger partial charge is 0.238 e. The van der Waals surface area contributed by atoms with E-state index in [1.807, 2.05) is 0 Å². The van der Waals surface area contributed by atoms with E-state index >= 15 is 0 Å². The first kappa shape index (κ1) is 18.6. The molecule has 1 N–H and O–H groups in total. The second-order valence-electron chi connectivity index (χ2n) is 6.00. The molecule has 1 aromatic rings. The van der Waals surface area contributed by atoms with Crippen LogP contribution < -0.4 is 4.74 Å². The molecule has 0 aliphatic carbocycles. The molecular formula is C16H20FNO5S. The topological polar surface area (TPSA) is 83.9 Å². The average Bonchev–Trinajstić information content (AvgIpc) is 2.82. The van der Waals surface area contributed by atoms with Gasteiger partial charge in [-0.25, -0.2) is 12.8 Å². The van der Waals surface area contributed by atoms with Crippen molar-refractivity contribution in [2.75, 3.05) is 13.1 Å². The first-order chi connectivity index (χ1) is 11.0. The Labute approximate surface area is 140 Å². The first-order valence-corrected chi connectivity index (χ1v) is 8.74. The number of β-amino-alcohol motifs (C(OH)–C–C–N with tert-alkyl or cyclic N) is 1. The zero-order chi connectivity index (χ0) is 18.3. The summed E-state index contributed by atoms with van der Waals surface area (Å²) in [7, 11) is -3.85. The minimum absolute atomic E-state index is 0.101. The molecule has 2 atom stereocenters. The highest BCUT2D eigenvalue weighted by Crippen LogP contribution is 2.31. The fourth-order valence-electron chi connectivity index (χ4n) is 2.46. The van der Waals surface area contributed by atoms with Crippen LogP contribution in [0.3, 0.4) is 0 Å². The van der Waals surface area contributed by atoms with Crippen LogP contribution in [0.15, 0.2) is 29.7 Å². The van der Waals surface area contributed by atoms with Crippen LogP contribution in [-0.4, -0.2) is 48.4 Å². The van der Waals surface area contributed by atoms with E-state index in [1.54, 1.807) is 6.92 Å². The zero-order valence-electron chi connectivity index (χ0n) is 13.7. The lowest BCUT2D eigenvalue weighted by Gasteiger charge is -2.26. The number of ketones is 1. The van der Waals surface area contributed by atoms with Gasteiger partial charge in [-0.3, -0.25) is 4.79 Å². The fraction of sp³-hybridized carbons (Fsp3) is 0.438. The summed E-state index contributed by atoms with van der Waals surface area (Å²) in [5, 5.41) is 10.6. The minimum atomic E-state index is -3.85. The third-order valence-electron chi connectivity index (χ3n) is 4.13. The number of rotatable bonds is 5. The van der Waals surface area contributed by atoms with Gasteiger partial charge in [0.05, 0.1) is 13.1 Å². The molecule has 24 heavy (non-hydrogen) atoms. The van der Waals surface area contributed by atoms with Gasteiger partial charge in [0.15, 0.2) is 11.4 Å². The molecule has 1 heterocycles. The van der Waals surface area contributed by atoms with E-state index < -0.39 is 39.9 Å². The normalized spacial score (nSPS) is 24.8. The van der Waals surface area contributed by atoms with Crippen molar-refractivity contribution < 1.29 is 27.4 Å². The summed E-state index contributed by atoms with van der Waals surface area (Å²) in [6.45, 7) is 6.80. The van der Waals surface area contributed by atoms with Crippen molar-refractivity contribution in [2.45, 2.75) is 32.5 Å². The van der Waals surface area contributed by atoms with Crippen molar-refractivity contribution in [1.82, 2.24) is 4.31 Å². The number of ether oxygens (including phenoxy) is 1. The maximum atomic E-state index is 13.6. The predicted molar refractivity (Wildman–Crippen MR) is 86.5 cm³/mol. The van der Waals surface area contributed by atoms with Gasteiger partial charge in [-0.2, -0.15) is 4.31 Å². The summed E-state index contributed by atoms with van der Waals surface area (Å²) in [6, 6.07) is 4.12. The molecule has 1 saturated heterocycles. The molecule has 0 unspecified atom stereocenters. The van der Waals surface area contributed by atoms with E-state index in [-0.39, 0.29) is 17.2 Å². The molecule has 0 amide bonds. The number of aryl methyl sites for hydroxylation is 1. The first-order valence-electron chi connectivity index (χ1n) is 7.30. The second-order valence-corrected chi connectivity index (χ2v) is 8.16. The van der Waals surface area contributed by atoms with Gasteiger partial charge >= 0.3 is 0 Å². The van der Waals surface area contributed by atoms with E-state index in [4.69, 9.17) is 4.74 Å². The quantitative estimate of drug-likeness (QED) is 0.861. The van der Waals surface area contributed by atoms with Gasteiger partial charge < -0.3 is 9.84 Å². The van der Waals surface area contributed by atoms with Crippen LogP contribution >= 0.6 is 0 Å². The van der Waals surface area contributed by atoms with Crippen LogP contribution in [0.2, 0.25) is 0 Å². The number of Topliss-reactive ketones (excluding diaryl/α,β-unsaturated/α-hetero) is 1. The fourth-order valence-corrected chi connectivity index (χ4v) is 3.60. The number of carbonyl (C=O) groups is 1. The largest absolute Gasteiger partial charge is 0.485 e. The monoisotopic (exact) mass is 357 g/mol. The van der Waals surface area contributed by atoms with E-state index in [0.29, 0.717) is 5.56 Å². The number of carbonyl (C=O) groups excluding carboxylic acids is 1. The lowest BCUT2D eigenvalue weighted by atomic mass is 9.96. The van der Waals surface area contributed by atoms with E-state index in [9.17, 15) is 22.7 Å². The summed E-state index contributed by atoms with van der Waals surface area (Å²) in [5.74, 6) is -1.01. The summed E-state index contributed by atoms with van der Waals surface area (Å²) in [6.07, 6.45) is -1.15. The van der Waals surface area contributed by atoms with Crippen LogP contribution in [0.4, 0.5) is 4.39 Å². The molecule has 132 valence electrons. The molecule has 1 fully saturated rings. The van der Waals surface area contributed by atoms with E-state index in [2.05, 4.69) is 6.58 Å². The lowest BCUT2D eigenvalue weighted by molar-refractivity contribution is -0.140. The molecule has 1 aliphatic rings. The highest BCUT2D eigenvalue weighted by Gasteiger charge is 2.54. The highest BCUT2D eigenvalue weighted by atomic mass is 32.2. The number of allylic oxidation sites excluding steroid dienone is 1. The van der Waals surface area contributed by atoms with Gasteiger partial charge in [-0.05, 0) is 32.4 Å². The van der Waals surface area contributed by atoms with Gasteiger partial charge in [-0.15, -0.1) is 0 Å². The number of halogens is 1. The van der Waals surface area contributed by atoms with Crippen LogP contribution in [0.5, 0.6) is 5.75 Å². The molecule has 0 spiro atoms. The van der Waals surface area contributed by atoms with Crippen molar-refractivity contribution in [3.63, 3.8) is 0 Å². The van der Waals surface area contributed by atoms with E-state index in [1.165, 1.54) is 19.1 Å². The van der Waals surface area contributed by atoms with Gasteiger partial charge in [0.1, 0.15) is 17.7 Å². The predicted octanol–water partition coefficient (Wildman–Crippen LogP) is 1.38. The van der Waals surface area contributed by atoms with Gasteiger partial charge in [-0.1, -0.05) is 12.6 Å². The number of sulfonamides is 1. The van der Waals surface area contributed by atoms with E-state index in [0.717, 1.165) is 17.3 Å². The van der Waals surface area contributed by atoms with Crippen LogP contribution in [0.1, 0.15) is 19.4 Å². The van der Waals surface area contributed by atoms with Gasteiger partial charge in [0.25, 0.3) is 0 Å². The Balaban J connectivity index is 2.34. The minimum Gasteiger partial charge on any atom is -0.485 e. The third kappa shape index (κ3) is 3.22. The highest BCUT2D eigenvalue weighted by molar-refractivity contribution is 7.92. The Bertz CT molecular complexity index is 792. The lowest BCUT2D eigenvalue weighted by Crippen LogP contribution is -2.50. The van der Waals surface area contributed by atoms with Crippen molar-refractivity contribution in [2.24, 2.45) is 0 Å². The number of aliphatic hydroxyl groups is 1. The van der Waals surface area contributed by atoms with Crippen LogP contribution in [0, 0.1) is 12.7 Å². The summed E-state index contributed by atoms with van der Waals surface area (Å²) in [5.41, 5.74) is -1.59. The molecule has 1 aromatic carbocycles. The Hall–Kier alpha value is -1.77. The zero-order valence-corrected chi connectivity index (χ0v) is 14.6. The summed E-state index contributed by atoms with van der Waals surface area (Å²) in [4.78, 5) is 11.8. The number of hydrogen-bond donors (Lipinski definition) is 1. The molecule has 0 radical (unpaired) electrons. The molecule has 8 heteroatoms. The van der Waals surface area contributed by atoms with Crippen molar-refractivity contribution in [3.05, 3.63) is 41.1 Å². The molecule has 1 aliphatic heterocycles. The van der Waals surface area contributed by atoms with Gasteiger partial charge in [0.2, 0.25) is 10.0 Å². The van der Waals surface area contributed by atoms with Crippen molar-refractivity contribution in [3.8, 4) is 5.75 Å². The van der Waals surface area contributed by atoms with Crippen molar-refractivity contribution in [1.29, 1.82) is 0 Å². The SMILES string of the molecule is C=C(C)S(=O)(=O)N1C[C@H](Oc2ccc(C)c(F)c2)[C@](O)(C(C)=O)C1. The Kier molecular flexibility index (Phi) is 4.85. The third-order valence-corrected chi connectivity index (χ3v) is 5.97. The van der Waals surface area contributed by atoms with Crippen LogP contribution in [0.25, 0.3) is 0 Å². The number of hydrogen-bond acceptors (Lipinski definition) is 5. The molecule has 0 aromatic heterocycles. The Morgan fingerprint density at radius 2 is 2.08 bits per heavy atom. The standard InChI is InChI=1S/C16H20FNO5S/c1-10(2)24(21,22)18-8-15(16(20,9-18)12(4)19)23-13-6-5-11(3)14(17)7-13/h5-7,15,20H,1,8-9H2,2-4H3/t15-,16+/m0/s1. The average molecular weight is 357 g/mol. The summed E-state index contributed by atoms with van der Waals surface area (Å²) >= 11 is 0. The van der Waals surface area contributed by atoms with Crippen LogP contribution in [-0.2, 0) is 14.8 Å². The number of benzene rings is 1. The molecule has 2 rings (SSSR count). The molecular weight excluding hydrogens is 337 g/mol. The Morgan fingerprint density at radius 3 is 2.58 bits per heavy atom. The maximum absolute atomic E-state index is 13.6. The summed E-state index contributed by atoms with van der Waals surface area (Å²) < 4.78 is 44.6. The molecule has 0 bridgehead atoms. The molecule has 6 nitrogen and oxygen atoms in total. The molecule has 0 saturated carbocycles. The van der Waals surface area contributed by atoms with Gasteiger partial charge in [0, 0.05) is 11.0 Å².